The van der Waals surface area contributed by atoms with E-state index in [1.54, 1.807) is 0 Å². The number of phenolic OH excluding ortho intramolecular Hbond substituents is 1. The van der Waals surface area contributed by atoms with Gasteiger partial charge < -0.3 is 5.11 Å². The quantitative estimate of drug-likeness (QED) is 0.131. The maximum Gasteiger partial charge on any atom is 0.148 e. The summed E-state index contributed by atoms with van der Waals surface area (Å²) in [4.78, 5) is 10.7. The molecular formula is C67H46N3OPt-. The number of para-hydroxylation sites is 2. The minimum atomic E-state index is 0. The van der Waals surface area contributed by atoms with Crippen LogP contribution in [0.2, 0.25) is 0 Å². The van der Waals surface area contributed by atoms with E-state index in [9.17, 15) is 5.11 Å². The number of aromatic nitrogens is 3. The summed E-state index contributed by atoms with van der Waals surface area (Å²) in [5.41, 5.74) is 19.3. The van der Waals surface area contributed by atoms with Crippen molar-refractivity contribution < 1.29 is 26.2 Å². The van der Waals surface area contributed by atoms with Gasteiger partial charge in [-0.15, -0.1) is 29.3 Å². The van der Waals surface area contributed by atoms with Gasteiger partial charge in [-0.3, -0.25) is 9.55 Å². The van der Waals surface area contributed by atoms with Gasteiger partial charge in [0.25, 0.3) is 0 Å². The molecular weight excluding hydrogens is 1060 g/mol. The van der Waals surface area contributed by atoms with Crippen LogP contribution in [0, 0.1) is 6.07 Å². The second-order valence-corrected chi connectivity index (χ2v) is 17.8. The number of fused-ring (bicyclic) bond motifs is 1. The van der Waals surface area contributed by atoms with Crippen LogP contribution in [0.4, 0.5) is 0 Å². The zero-order valence-electron chi connectivity index (χ0n) is 39.1. The van der Waals surface area contributed by atoms with E-state index >= 15 is 0 Å². The van der Waals surface area contributed by atoms with E-state index in [0.717, 1.165) is 107 Å². The normalized spacial score (nSPS) is 11.1. The van der Waals surface area contributed by atoms with Crippen LogP contribution in [-0.2, 0) is 27.5 Å². The Kier molecular flexibility index (Phi) is 12.9. The number of hydrogen-bond donors (Lipinski definition) is 1. The maximum absolute atomic E-state index is 12.6. The summed E-state index contributed by atoms with van der Waals surface area (Å²) in [5.74, 6) is 0.769. The van der Waals surface area contributed by atoms with E-state index in [-0.39, 0.29) is 26.8 Å². The van der Waals surface area contributed by atoms with Gasteiger partial charge in [-0.05, 0) is 81.3 Å². The third kappa shape index (κ3) is 9.01. The molecule has 0 amide bonds. The Balaban J connectivity index is 0.00000560. The molecule has 0 aliphatic heterocycles. The van der Waals surface area contributed by atoms with Gasteiger partial charge in [0.2, 0.25) is 0 Å². The molecule has 72 heavy (non-hydrogen) atoms. The fourth-order valence-corrected chi connectivity index (χ4v) is 9.88. The van der Waals surface area contributed by atoms with Gasteiger partial charge in [-0.2, -0.15) is 0 Å². The van der Waals surface area contributed by atoms with Crippen molar-refractivity contribution in [1.29, 1.82) is 0 Å². The molecule has 0 fully saturated rings. The number of benzene rings is 10. The predicted octanol–water partition coefficient (Wildman–Crippen LogP) is 16.9. The van der Waals surface area contributed by atoms with E-state index in [1.807, 2.05) is 60.8 Å². The van der Waals surface area contributed by atoms with Gasteiger partial charge >= 0.3 is 0 Å². The first-order valence-corrected chi connectivity index (χ1v) is 24.0. The Hall–Kier alpha value is -8.69. The molecule has 0 bridgehead atoms. The zero-order chi connectivity index (χ0) is 47.5. The zero-order valence-corrected chi connectivity index (χ0v) is 41.4. The molecule has 0 atom stereocenters. The van der Waals surface area contributed by atoms with E-state index in [1.165, 1.54) is 5.56 Å². The molecule has 2 aromatic heterocycles. The minimum Gasteiger partial charge on any atom is -0.507 e. The molecule has 346 valence electrons. The predicted molar refractivity (Wildman–Crippen MR) is 292 cm³/mol. The summed E-state index contributed by atoms with van der Waals surface area (Å²) in [7, 11) is 0. The van der Waals surface area contributed by atoms with Gasteiger partial charge in [0, 0.05) is 49.6 Å². The standard InChI is InChI=1S/C67H46N3O.Pt/c71-66-58(50-27-13-4-14-28-50)34-19-35-59(66)67-69-64-57(55-40-47(39-46-21-7-1-8-22-46)41-56(42-55)62-45-53(37-38-68-62)48-23-9-2-10-24-48)33-20-36-63(64)70(67)65-60(51-29-15-5-16-30-51)43-54(49-25-11-3-12-26-49)44-61(65)52-31-17-6-18-32-52;/h1-38,40-41,43-45,71H,39H2;/q-1;. The van der Waals surface area contributed by atoms with Crippen LogP contribution in [-0.4, -0.2) is 19.6 Å². The number of rotatable bonds is 11. The Bertz CT molecular complexity index is 3760. The van der Waals surface area contributed by atoms with Crippen molar-refractivity contribution >= 4 is 11.0 Å². The molecule has 1 N–H and O–H groups in total. The van der Waals surface area contributed by atoms with Crippen molar-refractivity contribution in [3.8, 4) is 101 Å². The summed E-state index contributed by atoms with van der Waals surface area (Å²) in [6.45, 7) is 0. The maximum atomic E-state index is 12.6. The molecule has 0 saturated heterocycles. The Morgan fingerprint density at radius 2 is 0.875 bits per heavy atom. The van der Waals surface area contributed by atoms with Crippen molar-refractivity contribution in [2.45, 2.75) is 6.42 Å². The second kappa shape index (κ2) is 20.3. The Morgan fingerprint density at radius 1 is 0.389 bits per heavy atom. The fraction of sp³-hybridized carbons (Fsp3) is 0.0149. The molecule has 5 heteroatoms. The molecule has 0 saturated carbocycles. The summed E-state index contributed by atoms with van der Waals surface area (Å²) in [6, 6.07) is 92.4. The molecule has 2 heterocycles. The van der Waals surface area contributed by atoms with Crippen LogP contribution in [0.1, 0.15) is 11.1 Å². The molecule has 0 radical (unpaired) electrons. The molecule has 0 unspecified atom stereocenters. The van der Waals surface area contributed by atoms with E-state index in [0.29, 0.717) is 11.4 Å². The average molecular weight is 1100 g/mol. The van der Waals surface area contributed by atoms with Crippen molar-refractivity contribution in [3.05, 3.63) is 278 Å². The molecule has 0 aliphatic carbocycles. The third-order valence-electron chi connectivity index (χ3n) is 13.3. The number of pyridine rings is 1. The topological polar surface area (TPSA) is 50.9 Å². The first-order chi connectivity index (χ1) is 35.1. The fourth-order valence-electron chi connectivity index (χ4n) is 9.88. The van der Waals surface area contributed by atoms with Crippen LogP contribution in [0.15, 0.2) is 261 Å². The van der Waals surface area contributed by atoms with Crippen LogP contribution in [0.3, 0.4) is 0 Å². The molecule has 12 rings (SSSR count). The summed E-state index contributed by atoms with van der Waals surface area (Å²) < 4.78 is 2.28. The average Bonchev–Trinajstić information content (AvgIpc) is 3.83. The summed E-state index contributed by atoms with van der Waals surface area (Å²) in [5, 5.41) is 12.6. The molecule has 10 aromatic carbocycles. The van der Waals surface area contributed by atoms with Crippen molar-refractivity contribution in [2.75, 3.05) is 0 Å². The number of hydrogen-bond acceptors (Lipinski definition) is 3. The molecule has 0 spiro atoms. The van der Waals surface area contributed by atoms with Crippen molar-refractivity contribution in [3.63, 3.8) is 0 Å². The third-order valence-corrected chi connectivity index (χ3v) is 13.3. The SMILES string of the molecule is Oc1c(-c2ccccc2)cccc1-c1nc2c(-c3[c-]c(-c4cc(-c5ccccc5)ccn4)cc(Cc4ccccc4)c3)cccc2n1-c1c(-c2ccccc2)cc(-c2ccccc2)cc1-c1ccccc1.[Pt]. The van der Waals surface area contributed by atoms with Gasteiger partial charge in [-0.25, -0.2) is 4.98 Å². The number of aromatic hydroxyl groups is 1. The first kappa shape index (κ1) is 45.7. The summed E-state index contributed by atoms with van der Waals surface area (Å²) in [6.07, 6.45) is 2.61. The largest absolute Gasteiger partial charge is 0.507 e. The van der Waals surface area contributed by atoms with Crippen LogP contribution >= 0.6 is 0 Å². The van der Waals surface area contributed by atoms with Crippen LogP contribution in [0.25, 0.3) is 106 Å². The number of nitrogens with zero attached hydrogens (tertiary/aromatic N) is 3. The molecule has 0 aliphatic rings. The Labute approximate surface area is 434 Å². The minimum absolute atomic E-state index is 0. The first-order valence-electron chi connectivity index (χ1n) is 24.0. The second-order valence-electron chi connectivity index (χ2n) is 17.8. The van der Waals surface area contributed by atoms with Gasteiger partial charge in [0.15, 0.2) is 0 Å². The van der Waals surface area contributed by atoms with Crippen LogP contribution in [0.5, 0.6) is 5.75 Å². The van der Waals surface area contributed by atoms with Gasteiger partial charge in [0.1, 0.15) is 11.6 Å². The van der Waals surface area contributed by atoms with Crippen molar-refractivity contribution in [2.24, 2.45) is 0 Å². The van der Waals surface area contributed by atoms with Crippen LogP contribution < -0.4 is 0 Å². The van der Waals surface area contributed by atoms with Gasteiger partial charge in [0.05, 0.1) is 22.3 Å². The monoisotopic (exact) mass is 1100 g/mol. The van der Waals surface area contributed by atoms with E-state index in [4.69, 9.17) is 9.97 Å². The van der Waals surface area contributed by atoms with E-state index < -0.39 is 0 Å². The number of imidazole rings is 1. The van der Waals surface area contributed by atoms with Crippen molar-refractivity contribution in [1.82, 2.24) is 14.5 Å². The molecule has 12 aromatic rings. The van der Waals surface area contributed by atoms with E-state index in [2.05, 4.69) is 211 Å². The molecule has 4 nitrogen and oxygen atoms in total. The smallest absolute Gasteiger partial charge is 0.148 e. The number of phenols is 1. The summed E-state index contributed by atoms with van der Waals surface area (Å²) >= 11 is 0. The Morgan fingerprint density at radius 3 is 1.47 bits per heavy atom. The van der Waals surface area contributed by atoms with Gasteiger partial charge in [-0.1, -0.05) is 223 Å².